The molecule has 1 heterocycles. The highest BCUT2D eigenvalue weighted by Gasteiger charge is 2.58. The summed E-state index contributed by atoms with van der Waals surface area (Å²) in [5.41, 5.74) is 0.828. The molecule has 1 amide bonds. The summed E-state index contributed by atoms with van der Waals surface area (Å²) in [6.07, 6.45) is 0.0136. The molecule has 202 valence electrons. The lowest BCUT2D eigenvalue weighted by Gasteiger charge is -2.53. The predicted octanol–water partition coefficient (Wildman–Crippen LogP) is 5.42. The fourth-order valence-electron chi connectivity index (χ4n) is 5.77. The lowest BCUT2D eigenvalue weighted by Crippen LogP contribution is -2.75. The Bertz CT molecular complexity index is 1150. The van der Waals surface area contributed by atoms with E-state index < -0.39 is 14.4 Å². The van der Waals surface area contributed by atoms with Gasteiger partial charge in [-0.3, -0.25) is 4.79 Å². The predicted molar refractivity (Wildman–Crippen MR) is 157 cm³/mol. The lowest BCUT2D eigenvalue weighted by molar-refractivity contribution is -0.144. The fourth-order valence-corrected chi connectivity index (χ4v) is 10.5. The molecule has 5 nitrogen and oxygen atoms in total. The Hall–Kier alpha value is -2.93. The fraction of sp³-hybridized carbons (Fsp3) is 0.406. The normalized spacial score (nSPS) is 18.8. The number of carbonyl (C=O) groups excluding carboxylic acids is 1. The first kappa shape index (κ1) is 28.1. The maximum atomic E-state index is 13.4. The molecule has 0 bridgehead atoms. The van der Waals surface area contributed by atoms with Gasteiger partial charge in [-0.05, 0) is 52.0 Å². The Balaban J connectivity index is 1.86. The monoisotopic (exact) mass is 531 g/mol. The van der Waals surface area contributed by atoms with Crippen LogP contribution in [0.5, 0.6) is 5.75 Å². The third-order valence-electron chi connectivity index (χ3n) is 7.52. The van der Waals surface area contributed by atoms with Gasteiger partial charge in [0.1, 0.15) is 5.75 Å². The topological polar surface area (TPSA) is 48.0 Å². The summed E-state index contributed by atoms with van der Waals surface area (Å²) in [6.45, 7) is 11.3. The molecular formula is C32H41NO4Si. The SMILES string of the molecule is COc1ccc(N2C(=O)[C@@H](OC)[C@H]2[C@H](CC(C)C)O[Si](c2ccccc2)(c2ccccc2)C(C)(C)C)cc1. The summed E-state index contributed by atoms with van der Waals surface area (Å²) in [5, 5.41) is 2.28. The maximum Gasteiger partial charge on any atom is 0.261 e. The number of carbonyl (C=O) groups is 1. The van der Waals surface area contributed by atoms with Crippen LogP contribution in [0.1, 0.15) is 41.0 Å². The van der Waals surface area contributed by atoms with Crippen molar-refractivity contribution >= 4 is 30.3 Å². The standard InChI is InChI=1S/C32H41NO4Si/c1-23(2)22-28(29-30(36-7)31(34)33(29)24-18-20-25(35-6)21-19-24)37-38(32(3,4)5,26-14-10-8-11-15-26)27-16-12-9-13-17-27/h8-21,23,28-30H,22H2,1-7H3/t28-,29+,30-/m0/s1. The zero-order chi connectivity index (χ0) is 27.5. The van der Waals surface area contributed by atoms with Gasteiger partial charge < -0.3 is 18.8 Å². The van der Waals surface area contributed by atoms with E-state index in [1.807, 2.05) is 29.2 Å². The molecule has 1 fully saturated rings. The molecule has 0 aromatic heterocycles. The van der Waals surface area contributed by atoms with Gasteiger partial charge in [0.15, 0.2) is 6.10 Å². The first-order chi connectivity index (χ1) is 18.1. The number of methoxy groups -OCH3 is 2. The third kappa shape index (κ3) is 5.17. The van der Waals surface area contributed by atoms with E-state index in [1.54, 1.807) is 14.2 Å². The molecule has 0 unspecified atom stereocenters. The average Bonchev–Trinajstić information content (AvgIpc) is 2.90. The van der Waals surface area contributed by atoms with Crippen molar-refractivity contribution in [2.45, 2.75) is 64.3 Å². The third-order valence-corrected chi connectivity index (χ3v) is 12.6. The van der Waals surface area contributed by atoms with Crippen LogP contribution in [0.15, 0.2) is 84.9 Å². The van der Waals surface area contributed by atoms with Crippen LogP contribution < -0.4 is 20.0 Å². The largest absolute Gasteiger partial charge is 0.497 e. The van der Waals surface area contributed by atoms with Crippen LogP contribution in [0, 0.1) is 5.92 Å². The van der Waals surface area contributed by atoms with Gasteiger partial charge in [-0.1, -0.05) is 95.3 Å². The van der Waals surface area contributed by atoms with E-state index in [1.165, 1.54) is 10.4 Å². The van der Waals surface area contributed by atoms with Crippen molar-refractivity contribution in [3.05, 3.63) is 84.9 Å². The minimum absolute atomic E-state index is 0.0394. The van der Waals surface area contributed by atoms with Crippen molar-refractivity contribution in [3.8, 4) is 5.75 Å². The Morgan fingerprint density at radius 2 is 1.37 bits per heavy atom. The molecule has 3 aromatic rings. The van der Waals surface area contributed by atoms with Crippen molar-refractivity contribution in [2.75, 3.05) is 19.1 Å². The number of nitrogens with zero attached hydrogens (tertiary/aromatic N) is 1. The van der Waals surface area contributed by atoms with Gasteiger partial charge in [-0.15, -0.1) is 0 Å². The minimum atomic E-state index is -2.85. The minimum Gasteiger partial charge on any atom is -0.497 e. The molecule has 0 radical (unpaired) electrons. The zero-order valence-electron chi connectivity index (χ0n) is 23.7. The average molecular weight is 532 g/mol. The molecule has 1 saturated heterocycles. The van der Waals surface area contributed by atoms with E-state index in [4.69, 9.17) is 13.9 Å². The summed E-state index contributed by atoms with van der Waals surface area (Å²) in [5.74, 6) is 1.08. The first-order valence-electron chi connectivity index (χ1n) is 13.4. The zero-order valence-corrected chi connectivity index (χ0v) is 24.7. The van der Waals surface area contributed by atoms with Crippen molar-refractivity contribution in [1.82, 2.24) is 0 Å². The smallest absolute Gasteiger partial charge is 0.261 e. The molecule has 3 atom stereocenters. The number of β-lactam (4-membered cyclic amide) rings is 1. The highest BCUT2D eigenvalue weighted by molar-refractivity contribution is 6.99. The second kappa shape index (κ2) is 11.4. The number of benzene rings is 3. The Labute approximate surface area is 228 Å². The van der Waals surface area contributed by atoms with Crippen LogP contribution in [0.4, 0.5) is 5.69 Å². The molecule has 6 heteroatoms. The number of hydrogen-bond donors (Lipinski definition) is 0. The summed E-state index contributed by atoms with van der Waals surface area (Å²) in [4.78, 5) is 15.2. The van der Waals surface area contributed by atoms with Gasteiger partial charge in [-0.2, -0.15) is 0 Å². The van der Waals surface area contributed by atoms with Crippen LogP contribution in [0.3, 0.4) is 0 Å². The van der Waals surface area contributed by atoms with Crippen LogP contribution in [-0.2, 0) is 14.0 Å². The number of amides is 1. The maximum absolute atomic E-state index is 13.4. The van der Waals surface area contributed by atoms with Gasteiger partial charge >= 0.3 is 0 Å². The van der Waals surface area contributed by atoms with Gasteiger partial charge in [0.25, 0.3) is 14.2 Å². The molecule has 3 aromatic carbocycles. The van der Waals surface area contributed by atoms with Crippen molar-refractivity contribution in [2.24, 2.45) is 5.92 Å². The molecular weight excluding hydrogens is 490 g/mol. The molecule has 1 aliphatic heterocycles. The van der Waals surface area contributed by atoms with Crippen molar-refractivity contribution < 1.29 is 18.7 Å². The highest BCUT2D eigenvalue weighted by Crippen LogP contribution is 2.42. The first-order valence-corrected chi connectivity index (χ1v) is 15.3. The number of ether oxygens (including phenoxy) is 2. The van der Waals surface area contributed by atoms with E-state index in [2.05, 4.69) is 95.3 Å². The summed E-state index contributed by atoms with van der Waals surface area (Å²) < 4.78 is 18.8. The summed E-state index contributed by atoms with van der Waals surface area (Å²) in [6, 6.07) is 28.7. The van der Waals surface area contributed by atoms with E-state index in [0.717, 1.165) is 17.9 Å². The van der Waals surface area contributed by atoms with Crippen molar-refractivity contribution in [1.29, 1.82) is 0 Å². The van der Waals surface area contributed by atoms with Crippen LogP contribution in [-0.4, -0.2) is 46.7 Å². The van der Waals surface area contributed by atoms with E-state index in [0.29, 0.717) is 5.92 Å². The van der Waals surface area contributed by atoms with E-state index >= 15 is 0 Å². The van der Waals surface area contributed by atoms with Gasteiger partial charge in [-0.25, -0.2) is 0 Å². The Morgan fingerprint density at radius 1 is 0.842 bits per heavy atom. The Morgan fingerprint density at radius 3 is 1.79 bits per heavy atom. The quantitative estimate of drug-likeness (QED) is 0.259. The Kier molecular flexibility index (Phi) is 8.45. The molecule has 38 heavy (non-hydrogen) atoms. The van der Waals surface area contributed by atoms with Crippen LogP contribution in [0.25, 0.3) is 0 Å². The molecule has 4 rings (SSSR count). The number of rotatable bonds is 10. The van der Waals surface area contributed by atoms with Crippen LogP contribution >= 0.6 is 0 Å². The van der Waals surface area contributed by atoms with Gasteiger partial charge in [0.2, 0.25) is 0 Å². The molecule has 0 N–H and O–H groups in total. The van der Waals surface area contributed by atoms with Gasteiger partial charge in [0, 0.05) is 12.8 Å². The molecule has 0 spiro atoms. The lowest BCUT2D eigenvalue weighted by atomic mass is 9.87. The summed E-state index contributed by atoms with van der Waals surface area (Å²) >= 11 is 0. The molecule has 1 aliphatic rings. The summed E-state index contributed by atoms with van der Waals surface area (Å²) in [7, 11) is 0.416. The molecule has 0 saturated carbocycles. The van der Waals surface area contributed by atoms with E-state index in [-0.39, 0.29) is 23.1 Å². The van der Waals surface area contributed by atoms with Crippen molar-refractivity contribution in [3.63, 3.8) is 0 Å². The number of hydrogen-bond acceptors (Lipinski definition) is 4. The van der Waals surface area contributed by atoms with Crippen LogP contribution in [0.2, 0.25) is 5.04 Å². The highest BCUT2D eigenvalue weighted by atomic mass is 28.4. The van der Waals surface area contributed by atoms with E-state index in [9.17, 15) is 4.79 Å². The second-order valence-corrected chi connectivity index (χ2v) is 15.8. The molecule has 0 aliphatic carbocycles. The number of anilines is 1. The van der Waals surface area contributed by atoms with Gasteiger partial charge in [0.05, 0.1) is 19.3 Å². The second-order valence-electron chi connectivity index (χ2n) is 11.5.